The van der Waals surface area contributed by atoms with E-state index in [4.69, 9.17) is 14.5 Å². The molecule has 3 aliphatic rings. The van der Waals surface area contributed by atoms with Crippen molar-refractivity contribution in [2.45, 2.75) is 30.9 Å². The van der Waals surface area contributed by atoms with Crippen molar-refractivity contribution in [1.29, 1.82) is 0 Å². The minimum atomic E-state index is -0.425. The molecule has 1 aromatic carbocycles. The molecule has 0 unspecified atom stereocenters. The van der Waals surface area contributed by atoms with E-state index in [1.807, 2.05) is 48.5 Å². The SMILES string of the molecule is CN1CCOC[C@@H]1C(=O)N1CCC2(CC1)OCCc1cnc(-c3ccccc3)nc12. The number of amides is 1. The molecule has 4 heterocycles. The molecule has 0 bridgehead atoms. The van der Waals surface area contributed by atoms with E-state index in [1.165, 1.54) is 5.56 Å². The number of morpholine rings is 1. The molecule has 0 N–H and O–H groups in total. The van der Waals surface area contributed by atoms with Crippen LogP contribution in [-0.2, 0) is 26.3 Å². The number of aromatic nitrogens is 2. The lowest BCUT2D eigenvalue weighted by Crippen LogP contribution is -2.56. The van der Waals surface area contributed by atoms with Gasteiger partial charge in [0.15, 0.2) is 5.82 Å². The van der Waals surface area contributed by atoms with Gasteiger partial charge in [0.1, 0.15) is 11.6 Å². The second-order valence-electron chi connectivity index (χ2n) is 8.42. The second-order valence-corrected chi connectivity index (χ2v) is 8.42. The van der Waals surface area contributed by atoms with E-state index in [2.05, 4.69) is 9.88 Å². The number of carbonyl (C=O) groups excluding carboxylic acids is 1. The molecule has 7 heteroatoms. The van der Waals surface area contributed by atoms with Gasteiger partial charge in [-0.2, -0.15) is 0 Å². The molecule has 158 valence electrons. The fourth-order valence-electron chi connectivity index (χ4n) is 4.76. The summed E-state index contributed by atoms with van der Waals surface area (Å²) >= 11 is 0. The lowest BCUT2D eigenvalue weighted by molar-refractivity contribution is -0.150. The number of piperidine rings is 1. The van der Waals surface area contributed by atoms with Crippen LogP contribution in [0.2, 0.25) is 0 Å². The smallest absolute Gasteiger partial charge is 0.242 e. The highest BCUT2D eigenvalue weighted by Crippen LogP contribution is 2.41. The first-order valence-corrected chi connectivity index (χ1v) is 10.8. The second kappa shape index (κ2) is 8.06. The van der Waals surface area contributed by atoms with Crippen LogP contribution in [0.15, 0.2) is 36.5 Å². The molecule has 1 atom stereocenters. The molecule has 30 heavy (non-hydrogen) atoms. The van der Waals surface area contributed by atoms with Crippen molar-refractivity contribution in [3.63, 3.8) is 0 Å². The Morgan fingerprint density at radius 1 is 1.13 bits per heavy atom. The Morgan fingerprint density at radius 2 is 1.93 bits per heavy atom. The third-order valence-electron chi connectivity index (χ3n) is 6.64. The topological polar surface area (TPSA) is 67.8 Å². The third kappa shape index (κ3) is 3.51. The zero-order chi connectivity index (χ0) is 20.6. The van der Waals surface area contributed by atoms with Crippen LogP contribution in [-0.4, -0.2) is 78.2 Å². The summed E-state index contributed by atoms with van der Waals surface area (Å²) in [7, 11) is 2.00. The lowest BCUT2D eigenvalue weighted by atomic mass is 9.83. The predicted molar refractivity (Wildman–Crippen MR) is 112 cm³/mol. The quantitative estimate of drug-likeness (QED) is 0.756. The lowest BCUT2D eigenvalue weighted by Gasteiger charge is -2.45. The van der Waals surface area contributed by atoms with Crippen LogP contribution in [0.3, 0.4) is 0 Å². The number of carbonyl (C=O) groups is 1. The summed E-state index contributed by atoms with van der Waals surface area (Å²) < 4.78 is 11.9. The third-order valence-corrected chi connectivity index (χ3v) is 6.64. The number of fused-ring (bicyclic) bond motifs is 2. The van der Waals surface area contributed by atoms with Crippen molar-refractivity contribution in [1.82, 2.24) is 19.8 Å². The van der Waals surface area contributed by atoms with E-state index in [0.29, 0.717) is 32.9 Å². The van der Waals surface area contributed by atoms with E-state index in [-0.39, 0.29) is 11.9 Å². The normalized spacial score (nSPS) is 23.9. The molecule has 0 radical (unpaired) electrons. The van der Waals surface area contributed by atoms with E-state index >= 15 is 0 Å². The number of ether oxygens (including phenoxy) is 2. The van der Waals surface area contributed by atoms with Crippen molar-refractivity contribution >= 4 is 5.91 Å². The van der Waals surface area contributed by atoms with Gasteiger partial charge in [0.2, 0.25) is 5.91 Å². The Hall–Kier alpha value is -2.35. The number of hydrogen-bond acceptors (Lipinski definition) is 6. The van der Waals surface area contributed by atoms with E-state index in [0.717, 1.165) is 42.9 Å². The van der Waals surface area contributed by atoms with Gasteiger partial charge in [-0.15, -0.1) is 0 Å². The maximum Gasteiger partial charge on any atom is 0.242 e. The molecular weight excluding hydrogens is 380 g/mol. The van der Waals surface area contributed by atoms with Crippen LogP contribution in [0.4, 0.5) is 0 Å². The average Bonchev–Trinajstić information content (AvgIpc) is 2.80. The first-order valence-electron chi connectivity index (χ1n) is 10.8. The van der Waals surface area contributed by atoms with Gasteiger partial charge < -0.3 is 14.4 Å². The zero-order valence-corrected chi connectivity index (χ0v) is 17.4. The molecule has 1 spiro atoms. The summed E-state index contributed by atoms with van der Waals surface area (Å²) in [5, 5.41) is 0. The highest BCUT2D eigenvalue weighted by Gasteiger charge is 2.44. The van der Waals surface area contributed by atoms with Crippen LogP contribution in [0, 0.1) is 0 Å². The first-order chi connectivity index (χ1) is 14.7. The molecule has 2 fully saturated rings. The summed E-state index contributed by atoms with van der Waals surface area (Å²) in [5.74, 6) is 0.898. The molecule has 3 aliphatic heterocycles. The molecule has 1 amide bonds. The van der Waals surface area contributed by atoms with Crippen LogP contribution < -0.4 is 0 Å². The summed E-state index contributed by atoms with van der Waals surface area (Å²) in [6.45, 7) is 3.99. The maximum atomic E-state index is 13.1. The summed E-state index contributed by atoms with van der Waals surface area (Å²) in [4.78, 5) is 26.7. The van der Waals surface area contributed by atoms with Crippen molar-refractivity contribution in [3.05, 3.63) is 47.8 Å². The Labute approximate surface area is 177 Å². The van der Waals surface area contributed by atoms with E-state index in [1.54, 1.807) is 0 Å². The summed E-state index contributed by atoms with van der Waals surface area (Å²) in [5.41, 5.74) is 2.76. The monoisotopic (exact) mass is 408 g/mol. The number of hydrogen-bond donors (Lipinski definition) is 0. The summed E-state index contributed by atoms with van der Waals surface area (Å²) in [6, 6.07) is 9.87. The molecular formula is C23H28N4O3. The van der Waals surface area contributed by atoms with Gasteiger partial charge in [-0.1, -0.05) is 30.3 Å². The fourth-order valence-corrected chi connectivity index (χ4v) is 4.76. The van der Waals surface area contributed by atoms with Crippen molar-refractivity contribution in [2.75, 3.05) is 46.5 Å². The Bertz CT molecular complexity index is 912. The van der Waals surface area contributed by atoms with Gasteiger partial charge in [0, 0.05) is 31.4 Å². The highest BCUT2D eigenvalue weighted by atomic mass is 16.5. The Morgan fingerprint density at radius 3 is 2.70 bits per heavy atom. The van der Waals surface area contributed by atoms with Crippen molar-refractivity contribution in [3.8, 4) is 11.4 Å². The number of likely N-dealkylation sites (N-methyl/N-ethyl adjacent to an activating group) is 1. The van der Waals surface area contributed by atoms with E-state index in [9.17, 15) is 4.79 Å². The molecule has 0 saturated carbocycles. The van der Waals surface area contributed by atoms with Gasteiger partial charge in [-0.25, -0.2) is 9.97 Å². The maximum absolute atomic E-state index is 13.1. The minimum Gasteiger partial charge on any atom is -0.378 e. The fraction of sp³-hybridized carbons (Fsp3) is 0.522. The zero-order valence-electron chi connectivity index (χ0n) is 17.4. The van der Waals surface area contributed by atoms with Gasteiger partial charge in [-0.05, 0) is 31.9 Å². The van der Waals surface area contributed by atoms with Gasteiger partial charge >= 0.3 is 0 Å². The Kier molecular flexibility index (Phi) is 5.26. The molecule has 1 aromatic heterocycles. The van der Waals surface area contributed by atoms with Gasteiger partial charge in [0.25, 0.3) is 0 Å². The predicted octanol–water partition coefficient (Wildman–Crippen LogP) is 1.86. The number of benzene rings is 1. The standard InChI is InChI=1S/C23H28N4O3/c1-26-12-14-29-16-19(26)22(28)27-10-8-23(9-11-27)20-18(7-13-30-23)15-24-21(25-20)17-5-3-2-4-6-17/h2-6,15,19H,7-14,16H2,1H3/t19-/m1/s1. The Balaban J connectivity index is 1.36. The summed E-state index contributed by atoms with van der Waals surface area (Å²) in [6.07, 6.45) is 4.31. The van der Waals surface area contributed by atoms with Crippen LogP contribution in [0.5, 0.6) is 0 Å². The van der Waals surface area contributed by atoms with Crippen molar-refractivity contribution in [2.24, 2.45) is 0 Å². The van der Waals surface area contributed by atoms with Gasteiger partial charge in [-0.3, -0.25) is 9.69 Å². The van der Waals surface area contributed by atoms with E-state index < -0.39 is 5.60 Å². The highest BCUT2D eigenvalue weighted by molar-refractivity contribution is 5.82. The average molecular weight is 409 g/mol. The molecule has 2 saturated heterocycles. The molecule has 2 aromatic rings. The first kappa shape index (κ1) is 19.6. The van der Waals surface area contributed by atoms with Crippen LogP contribution in [0.1, 0.15) is 24.1 Å². The molecule has 0 aliphatic carbocycles. The number of likely N-dealkylation sites (tertiary alicyclic amines) is 1. The van der Waals surface area contributed by atoms with Crippen molar-refractivity contribution < 1.29 is 14.3 Å². The number of rotatable bonds is 2. The van der Waals surface area contributed by atoms with Gasteiger partial charge in [0.05, 0.1) is 25.5 Å². The van der Waals surface area contributed by atoms with Crippen LogP contribution in [0.25, 0.3) is 11.4 Å². The molecule has 5 rings (SSSR count). The largest absolute Gasteiger partial charge is 0.378 e. The minimum absolute atomic E-state index is 0.163. The number of nitrogens with zero attached hydrogens (tertiary/aromatic N) is 4. The van der Waals surface area contributed by atoms with Crippen LogP contribution >= 0.6 is 0 Å². The molecule has 7 nitrogen and oxygen atoms in total.